The van der Waals surface area contributed by atoms with Gasteiger partial charge in [0.25, 0.3) is 0 Å². The van der Waals surface area contributed by atoms with E-state index < -0.39 is 11.5 Å². The summed E-state index contributed by atoms with van der Waals surface area (Å²) >= 11 is 0. The van der Waals surface area contributed by atoms with Gasteiger partial charge in [0.15, 0.2) is 0 Å². The molecule has 0 aromatic heterocycles. The molecule has 10 heavy (non-hydrogen) atoms. The van der Waals surface area contributed by atoms with E-state index in [9.17, 15) is 4.79 Å². The summed E-state index contributed by atoms with van der Waals surface area (Å²) in [6, 6.07) is 0. The Morgan fingerprint density at radius 1 is 1.80 bits per heavy atom. The third-order valence-corrected chi connectivity index (χ3v) is 2.00. The van der Waals surface area contributed by atoms with E-state index in [2.05, 4.69) is 5.32 Å². The van der Waals surface area contributed by atoms with Crippen molar-refractivity contribution in [1.82, 2.24) is 5.32 Å². The normalized spacial score (nSPS) is 32.5. The summed E-state index contributed by atoms with van der Waals surface area (Å²) in [4.78, 5) is 10.6. The first-order valence-corrected chi connectivity index (χ1v) is 3.40. The van der Waals surface area contributed by atoms with Crippen molar-refractivity contribution in [3.05, 3.63) is 0 Å². The molecule has 1 atom stereocenters. The Labute approximate surface area is 59.4 Å². The molecule has 4 nitrogen and oxygen atoms in total. The van der Waals surface area contributed by atoms with Crippen molar-refractivity contribution in [2.45, 2.75) is 18.4 Å². The van der Waals surface area contributed by atoms with Gasteiger partial charge in [-0.25, -0.2) is 0 Å². The first kappa shape index (κ1) is 7.50. The number of carboxylic acid groups (broad SMARTS) is 1. The van der Waals surface area contributed by atoms with Gasteiger partial charge in [-0.05, 0) is 19.4 Å². The average Bonchev–Trinajstić information content (AvgIpc) is 2.35. The topological polar surface area (TPSA) is 75.4 Å². The predicted octanol–water partition coefficient (Wildman–Crippen LogP) is -0.848. The standard InChI is InChI=1S/C6H12N2O2/c7-4-6(5(9)10)2-1-3-8-6/h8H,1-4,7H2,(H,9,10). The van der Waals surface area contributed by atoms with Crippen LogP contribution in [0.5, 0.6) is 0 Å². The lowest BCUT2D eigenvalue weighted by atomic mass is 9.98. The molecule has 1 aliphatic rings. The number of nitrogens with one attached hydrogen (secondary N) is 1. The molecule has 0 amide bonds. The highest BCUT2D eigenvalue weighted by Crippen LogP contribution is 2.17. The minimum atomic E-state index is -0.826. The van der Waals surface area contributed by atoms with E-state index in [1.807, 2.05) is 0 Å². The molecule has 1 saturated heterocycles. The fourth-order valence-electron chi connectivity index (χ4n) is 1.25. The maximum atomic E-state index is 10.6. The first-order chi connectivity index (χ1) is 4.71. The quantitative estimate of drug-likeness (QED) is 0.472. The van der Waals surface area contributed by atoms with E-state index in [0.29, 0.717) is 6.42 Å². The van der Waals surface area contributed by atoms with Crippen molar-refractivity contribution >= 4 is 5.97 Å². The van der Waals surface area contributed by atoms with Crippen LogP contribution in [-0.4, -0.2) is 29.7 Å². The van der Waals surface area contributed by atoms with Crippen molar-refractivity contribution in [3.8, 4) is 0 Å². The van der Waals surface area contributed by atoms with Gasteiger partial charge in [-0.1, -0.05) is 0 Å². The van der Waals surface area contributed by atoms with Crippen LogP contribution in [0.4, 0.5) is 0 Å². The van der Waals surface area contributed by atoms with Crippen LogP contribution in [0, 0.1) is 0 Å². The highest BCUT2D eigenvalue weighted by molar-refractivity contribution is 5.79. The van der Waals surface area contributed by atoms with Crippen LogP contribution < -0.4 is 11.1 Å². The van der Waals surface area contributed by atoms with Crippen molar-refractivity contribution < 1.29 is 9.90 Å². The maximum absolute atomic E-state index is 10.6. The number of rotatable bonds is 2. The summed E-state index contributed by atoms with van der Waals surface area (Å²) < 4.78 is 0. The van der Waals surface area contributed by atoms with Crippen LogP contribution in [0.25, 0.3) is 0 Å². The number of hydrogen-bond donors (Lipinski definition) is 3. The Hall–Kier alpha value is -0.610. The zero-order valence-electron chi connectivity index (χ0n) is 5.76. The summed E-state index contributed by atoms with van der Waals surface area (Å²) in [6.07, 6.45) is 1.56. The van der Waals surface area contributed by atoms with Gasteiger partial charge in [-0.2, -0.15) is 0 Å². The molecule has 1 rings (SSSR count). The lowest BCUT2D eigenvalue weighted by molar-refractivity contribution is -0.143. The molecule has 1 heterocycles. The van der Waals surface area contributed by atoms with Crippen LogP contribution in [0.3, 0.4) is 0 Å². The van der Waals surface area contributed by atoms with Crippen LogP contribution in [-0.2, 0) is 4.79 Å². The van der Waals surface area contributed by atoms with E-state index in [0.717, 1.165) is 13.0 Å². The van der Waals surface area contributed by atoms with E-state index in [1.165, 1.54) is 0 Å². The number of aliphatic carboxylic acids is 1. The van der Waals surface area contributed by atoms with Crippen molar-refractivity contribution in [2.75, 3.05) is 13.1 Å². The van der Waals surface area contributed by atoms with Gasteiger partial charge in [-0.15, -0.1) is 0 Å². The second-order valence-corrected chi connectivity index (χ2v) is 2.62. The summed E-state index contributed by atoms with van der Waals surface area (Å²) in [6.45, 7) is 0.950. The average molecular weight is 144 g/mol. The van der Waals surface area contributed by atoms with Gasteiger partial charge >= 0.3 is 5.97 Å². The Bertz CT molecular complexity index is 141. The van der Waals surface area contributed by atoms with Gasteiger partial charge < -0.3 is 16.2 Å². The largest absolute Gasteiger partial charge is 0.480 e. The minimum Gasteiger partial charge on any atom is -0.480 e. The number of hydrogen-bond acceptors (Lipinski definition) is 3. The fourth-order valence-corrected chi connectivity index (χ4v) is 1.25. The van der Waals surface area contributed by atoms with Gasteiger partial charge in [0.05, 0.1) is 0 Å². The van der Waals surface area contributed by atoms with E-state index >= 15 is 0 Å². The van der Waals surface area contributed by atoms with Crippen LogP contribution >= 0.6 is 0 Å². The van der Waals surface area contributed by atoms with Crippen LogP contribution in [0.15, 0.2) is 0 Å². The molecule has 1 aliphatic heterocycles. The molecule has 0 radical (unpaired) electrons. The van der Waals surface area contributed by atoms with E-state index in [-0.39, 0.29) is 6.54 Å². The molecular formula is C6H12N2O2. The number of carbonyl (C=O) groups is 1. The Kier molecular flexibility index (Phi) is 1.92. The molecule has 4 N–H and O–H groups in total. The molecule has 4 heteroatoms. The minimum absolute atomic E-state index is 0.183. The molecule has 1 fully saturated rings. The Morgan fingerprint density at radius 3 is 2.70 bits per heavy atom. The summed E-state index contributed by atoms with van der Waals surface area (Å²) in [5, 5.41) is 11.6. The molecule has 0 bridgehead atoms. The molecule has 0 saturated carbocycles. The summed E-state index contributed by atoms with van der Waals surface area (Å²) in [5.41, 5.74) is 4.51. The van der Waals surface area contributed by atoms with Crippen molar-refractivity contribution in [1.29, 1.82) is 0 Å². The zero-order valence-corrected chi connectivity index (χ0v) is 5.76. The Morgan fingerprint density at radius 2 is 2.50 bits per heavy atom. The molecule has 0 spiro atoms. The molecule has 1 unspecified atom stereocenters. The third kappa shape index (κ3) is 0.998. The molecular weight excluding hydrogens is 132 g/mol. The van der Waals surface area contributed by atoms with E-state index in [1.54, 1.807) is 0 Å². The first-order valence-electron chi connectivity index (χ1n) is 3.40. The smallest absolute Gasteiger partial charge is 0.325 e. The van der Waals surface area contributed by atoms with Crippen molar-refractivity contribution in [2.24, 2.45) is 5.73 Å². The second kappa shape index (κ2) is 2.56. The molecule has 0 aliphatic carbocycles. The van der Waals surface area contributed by atoms with Gasteiger partial charge in [0.2, 0.25) is 0 Å². The third-order valence-electron chi connectivity index (χ3n) is 2.00. The van der Waals surface area contributed by atoms with Crippen LogP contribution in [0.1, 0.15) is 12.8 Å². The highest BCUT2D eigenvalue weighted by atomic mass is 16.4. The molecule has 0 aromatic rings. The van der Waals surface area contributed by atoms with Gasteiger partial charge in [-0.3, -0.25) is 4.79 Å². The monoisotopic (exact) mass is 144 g/mol. The zero-order chi connectivity index (χ0) is 7.61. The second-order valence-electron chi connectivity index (χ2n) is 2.62. The fraction of sp³-hybridized carbons (Fsp3) is 0.833. The van der Waals surface area contributed by atoms with Gasteiger partial charge in [0.1, 0.15) is 5.54 Å². The molecule has 0 aromatic carbocycles. The predicted molar refractivity (Wildman–Crippen MR) is 36.7 cm³/mol. The lowest BCUT2D eigenvalue weighted by Gasteiger charge is -2.21. The number of nitrogens with two attached hydrogens (primary N) is 1. The SMILES string of the molecule is NCC1(C(=O)O)CCCN1. The Balaban J connectivity index is 2.67. The van der Waals surface area contributed by atoms with Crippen LogP contribution in [0.2, 0.25) is 0 Å². The highest BCUT2D eigenvalue weighted by Gasteiger charge is 2.39. The number of carboxylic acids is 1. The summed E-state index contributed by atoms with van der Waals surface area (Å²) in [5.74, 6) is -0.826. The lowest BCUT2D eigenvalue weighted by Crippen LogP contribution is -2.53. The van der Waals surface area contributed by atoms with Crippen molar-refractivity contribution in [3.63, 3.8) is 0 Å². The van der Waals surface area contributed by atoms with E-state index in [4.69, 9.17) is 10.8 Å². The maximum Gasteiger partial charge on any atom is 0.325 e. The molecule has 58 valence electrons. The summed E-state index contributed by atoms with van der Waals surface area (Å²) in [7, 11) is 0. The van der Waals surface area contributed by atoms with Gasteiger partial charge in [0, 0.05) is 6.54 Å².